The van der Waals surface area contributed by atoms with Crippen LogP contribution in [0.2, 0.25) is 0 Å². The Morgan fingerprint density at radius 3 is 2.90 bits per heavy atom. The number of hydrogen-bond acceptors (Lipinski definition) is 4. The summed E-state index contributed by atoms with van der Waals surface area (Å²) in [6.07, 6.45) is 4.45. The second-order valence-electron chi connectivity index (χ2n) is 7.57. The van der Waals surface area contributed by atoms with Gasteiger partial charge in [0, 0.05) is 12.4 Å². The van der Waals surface area contributed by atoms with Crippen molar-refractivity contribution in [3.05, 3.63) is 76.3 Å². The summed E-state index contributed by atoms with van der Waals surface area (Å²) in [5, 5.41) is 0.800. The number of likely N-dealkylation sites (N-methyl/N-ethyl adjacent to an activating group) is 1. The molecule has 29 heavy (non-hydrogen) atoms. The molecule has 1 amide bonds. The van der Waals surface area contributed by atoms with Crippen LogP contribution in [-0.4, -0.2) is 27.4 Å². The standard InChI is InChI=1S/C23H21N3O3/c1-25(18-11-6-8-15-7-2-3-9-16(15)18)20(27)13-26-14-24-21-17-10-4-5-12-19(17)29-22(21)23(26)28/h2-5,7,9-10,12,14,18H,6,8,11,13H2,1H3. The summed E-state index contributed by atoms with van der Waals surface area (Å²) in [6.45, 7) is -0.0615. The predicted octanol–water partition coefficient (Wildman–Crippen LogP) is 3.68. The second-order valence-corrected chi connectivity index (χ2v) is 7.57. The molecule has 5 rings (SSSR count). The minimum atomic E-state index is -0.336. The zero-order valence-electron chi connectivity index (χ0n) is 16.2. The molecule has 0 N–H and O–H groups in total. The van der Waals surface area contributed by atoms with E-state index in [9.17, 15) is 9.59 Å². The van der Waals surface area contributed by atoms with Crippen molar-refractivity contribution in [1.82, 2.24) is 14.5 Å². The lowest BCUT2D eigenvalue weighted by Crippen LogP contribution is -2.37. The molecule has 6 nitrogen and oxygen atoms in total. The number of aryl methyl sites for hydroxylation is 1. The third kappa shape index (κ3) is 2.92. The molecule has 0 spiro atoms. The van der Waals surface area contributed by atoms with Gasteiger partial charge in [-0.15, -0.1) is 0 Å². The van der Waals surface area contributed by atoms with Crippen molar-refractivity contribution in [3.63, 3.8) is 0 Å². The van der Waals surface area contributed by atoms with Crippen LogP contribution in [0, 0.1) is 0 Å². The molecule has 0 fully saturated rings. The van der Waals surface area contributed by atoms with Gasteiger partial charge in [-0.25, -0.2) is 4.98 Å². The Kier molecular flexibility index (Phi) is 4.19. The van der Waals surface area contributed by atoms with Crippen LogP contribution in [0.4, 0.5) is 0 Å². The van der Waals surface area contributed by atoms with Gasteiger partial charge < -0.3 is 9.32 Å². The molecule has 1 aliphatic rings. The molecular formula is C23H21N3O3. The van der Waals surface area contributed by atoms with Crippen molar-refractivity contribution in [1.29, 1.82) is 0 Å². The summed E-state index contributed by atoms with van der Waals surface area (Å²) >= 11 is 0. The molecular weight excluding hydrogens is 366 g/mol. The molecule has 0 radical (unpaired) electrons. The highest BCUT2D eigenvalue weighted by molar-refractivity contribution is 6.01. The first kappa shape index (κ1) is 17.7. The lowest BCUT2D eigenvalue weighted by Gasteiger charge is -2.33. The van der Waals surface area contributed by atoms with Crippen molar-refractivity contribution in [2.45, 2.75) is 31.8 Å². The summed E-state index contributed by atoms with van der Waals surface area (Å²) in [4.78, 5) is 32.0. The number of carbonyl (C=O) groups is 1. The van der Waals surface area contributed by atoms with Gasteiger partial charge in [-0.3, -0.25) is 14.2 Å². The maximum absolute atomic E-state index is 13.0. The second kappa shape index (κ2) is 6.88. The van der Waals surface area contributed by atoms with E-state index in [1.54, 1.807) is 11.0 Å². The van der Waals surface area contributed by atoms with Gasteiger partial charge >= 0.3 is 0 Å². The van der Waals surface area contributed by atoms with E-state index in [0.29, 0.717) is 11.1 Å². The summed E-state index contributed by atoms with van der Waals surface area (Å²) in [5.41, 5.74) is 3.50. The number of carbonyl (C=O) groups excluding carboxylic acids is 1. The Labute approximate surface area is 167 Å². The van der Waals surface area contributed by atoms with Crippen LogP contribution in [0.1, 0.15) is 30.0 Å². The Morgan fingerprint density at radius 2 is 2.00 bits per heavy atom. The molecule has 4 aromatic rings. The summed E-state index contributed by atoms with van der Waals surface area (Å²) in [6, 6.07) is 15.7. The molecule has 6 heteroatoms. The third-order valence-corrected chi connectivity index (χ3v) is 5.85. The molecule has 0 aliphatic heterocycles. The largest absolute Gasteiger partial charge is 0.448 e. The SMILES string of the molecule is CN(C(=O)Cn1cnc2c(oc3ccccc32)c1=O)C1CCCc2ccccc21. The van der Waals surface area contributed by atoms with Gasteiger partial charge in [0.2, 0.25) is 11.5 Å². The zero-order valence-corrected chi connectivity index (χ0v) is 16.2. The number of amides is 1. The van der Waals surface area contributed by atoms with Crippen molar-refractivity contribution in [2.75, 3.05) is 7.05 Å². The van der Waals surface area contributed by atoms with E-state index >= 15 is 0 Å². The highest BCUT2D eigenvalue weighted by Gasteiger charge is 2.27. The van der Waals surface area contributed by atoms with E-state index in [0.717, 1.165) is 24.6 Å². The van der Waals surface area contributed by atoms with Crippen LogP contribution < -0.4 is 5.56 Å². The number of benzene rings is 2. The lowest BCUT2D eigenvalue weighted by molar-refractivity contribution is -0.133. The van der Waals surface area contributed by atoms with Crippen molar-refractivity contribution in [3.8, 4) is 0 Å². The number of nitrogens with zero attached hydrogens (tertiary/aromatic N) is 3. The fourth-order valence-electron chi connectivity index (χ4n) is 4.29. The Hall–Kier alpha value is -3.41. The molecule has 1 unspecified atom stereocenters. The molecule has 146 valence electrons. The number of rotatable bonds is 3. The van der Waals surface area contributed by atoms with Crippen molar-refractivity contribution >= 4 is 28.0 Å². The molecule has 2 heterocycles. The molecule has 1 atom stereocenters. The number of aromatic nitrogens is 2. The van der Waals surface area contributed by atoms with Crippen LogP contribution in [0.15, 0.2) is 64.1 Å². The van der Waals surface area contributed by atoms with E-state index in [1.165, 1.54) is 22.0 Å². The maximum Gasteiger partial charge on any atom is 0.297 e. The fourth-order valence-corrected chi connectivity index (χ4v) is 4.29. The van der Waals surface area contributed by atoms with Gasteiger partial charge in [-0.1, -0.05) is 36.4 Å². The minimum absolute atomic E-state index is 0.0334. The zero-order chi connectivity index (χ0) is 20.0. The number of para-hydroxylation sites is 1. The quantitative estimate of drug-likeness (QED) is 0.538. The van der Waals surface area contributed by atoms with Crippen LogP contribution in [-0.2, 0) is 17.8 Å². The smallest absolute Gasteiger partial charge is 0.297 e. The van der Waals surface area contributed by atoms with Crippen molar-refractivity contribution < 1.29 is 9.21 Å². The van der Waals surface area contributed by atoms with E-state index in [4.69, 9.17) is 4.42 Å². The minimum Gasteiger partial charge on any atom is -0.448 e. The maximum atomic E-state index is 13.0. The van der Waals surface area contributed by atoms with Gasteiger partial charge in [0.05, 0.1) is 12.4 Å². The molecule has 2 aromatic carbocycles. The highest BCUT2D eigenvalue weighted by Crippen LogP contribution is 2.33. The Bertz CT molecular complexity index is 1290. The Balaban J connectivity index is 1.45. The fraction of sp³-hybridized carbons (Fsp3) is 0.261. The molecule has 0 saturated heterocycles. The number of furan rings is 1. The summed E-state index contributed by atoms with van der Waals surface area (Å²) in [7, 11) is 1.81. The third-order valence-electron chi connectivity index (χ3n) is 5.85. The van der Waals surface area contributed by atoms with E-state index in [2.05, 4.69) is 17.1 Å². The van der Waals surface area contributed by atoms with Crippen LogP contribution >= 0.6 is 0 Å². The lowest BCUT2D eigenvalue weighted by atomic mass is 9.87. The average Bonchev–Trinajstić information content (AvgIpc) is 3.14. The summed E-state index contributed by atoms with van der Waals surface area (Å²) < 4.78 is 7.04. The first-order valence-corrected chi connectivity index (χ1v) is 9.83. The highest BCUT2D eigenvalue weighted by atomic mass is 16.3. The normalized spacial score (nSPS) is 16.1. The van der Waals surface area contributed by atoms with E-state index in [1.807, 2.05) is 37.4 Å². The molecule has 2 aromatic heterocycles. The molecule has 0 saturated carbocycles. The number of fused-ring (bicyclic) bond motifs is 4. The van der Waals surface area contributed by atoms with Crippen LogP contribution in [0.5, 0.6) is 0 Å². The van der Waals surface area contributed by atoms with Gasteiger partial charge in [0.15, 0.2) is 0 Å². The predicted molar refractivity (Wildman–Crippen MR) is 111 cm³/mol. The van der Waals surface area contributed by atoms with E-state index < -0.39 is 0 Å². The van der Waals surface area contributed by atoms with Gasteiger partial charge in [-0.2, -0.15) is 0 Å². The van der Waals surface area contributed by atoms with Crippen molar-refractivity contribution in [2.24, 2.45) is 0 Å². The van der Waals surface area contributed by atoms with E-state index in [-0.39, 0.29) is 29.6 Å². The Morgan fingerprint density at radius 1 is 1.21 bits per heavy atom. The topological polar surface area (TPSA) is 68.3 Å². The van der Waals surface area contributed by atoms with Crippen LogP contribution in [0.25, 0.3) is 22.1 Å². The van der Waals surface area contributed by atoms with Crippen LogP contribution in [0.3, 0.4) is 0 Å². The first-order chi connectivity index (χ1) is 14.1. The van der Waals surface area contributed by atoms with Gasteiger partial charge in [-0.05, 0) is 42.5 Å². The molecule has 1 aliphatic carbocycles. The first-order valence-electron chi connectivity index (χ1n) is 9.83. The average molecular weight is 387 g/mol. The molecule has 0 bridgehead atoms. The number of hydrogen-bond donors (Lipinski definition) is 0. The van der Waals surface area contributed by atoms with Gasteiger partial charge in [0.25, 0.3) is 5.56 Å². The van der Waals surface area contributed by atoms with Gasteiger partial charge in [0.1, 0.15) is 17.6 Å². The monoisotopic (exact) mass is 387 g/mol. The summed E-state index contributed by atoms with van der Waals surface area (Å²) in [5.74, 6) is -0.119.